The molecule has 2 atom stereocenters. The number of pyridine rings is 1. The molecule has 1 unspecified atom stereocenters. The monoisotopic (exact) mass is 360 g/mol. The van der Waals surface area contributed by atoms with E-state index in [2.05, 4.69) is 15.3 Å². The molecule has 132 valence electrons. The Bertz CT molecular complexity index is 830. The summed E-state index contributed by atoms with van der Waals surface area (Å²) in [5.41, 5.74) is 1.14. The van der Waals surface area contributed by atoms with Crippen molar-refractivity contribution in [3.05, 3.63) is 29.2 Å². The Morgan fingerprint density at radius 3 is 2.88 bits per heavy atom. The van der Waals surface area contributed by atoms with Crippen LogP contribution in [0.3, 0.4) is 0 Å². The molecule has 2 aromatic heterocycles. The van der Waals surface area contributed by atoms with Gasteiger partial charge < -0.3 is 15.2 Å². The predicted octanol–water partition coefficient (Wildman–Crippen LogP) is 2.59. The number of rotatable bonds is 4. The van der Waals surface area contributed by atoms with E-state index in [1.807, 2.05) is 4.90 Å². The largest absolute Gasteiger partial charge is 0.349 e. The third kappa shape index (κ3) is 3.35. The van der Waals surface area contributed by atoms with Gasteiger partial charge >= 0.3 is 0 Å². The summed E-state index contributed by atoms with van der Waals surface area (Å²) in [6.45, 7) is 3.38. The number of nitrogens with zero attached hydrogens (tertiary/aromatic N) is 2. The number of carbonyl (C=O) groups excluding carboxylic acids is 2. The molecule has 1 aliphatic heterocycles. The molecule has 0 spiro atoms. The highest BCUT2D eigenvalue weighted by Gasteiger charge is 2.38. The Hall–Kier alpha value is -2.08. The van der Waals surface area contributed by atoms with E-state index in [0.717, 1.165) is 36.3 Å². The van der Waals surface area contributed by atoms with Gasteiger partial charge in [0, 0.05) is 18.5 Å². The van der Waals surface area contributed by atoms with Crippen LogP contribution in [0.4, 0.5) is 0 Å². The molecule has 2 aromatic rings. The molecule has 1 aliphatic carbocycles. The van der Waals surface area contributed by atoms with Gasteiger partial charge in [0.2, 0.25) is 5.91 Å². The highest BCUT2D eigenvalue weighted by molar-refractivity contribution is 6.30. The summed E-state index contributed by atoms with van der Waals surface area (Å²) in [7, 11) is 0. The molecule has 7 heteroatoms. The van der Waals surface area contributed by atoms with Crippen molar-refractivity contribution in [3.63, 3.8) is 0 Å². The van der Waals surface area contributed by atoms with E-state index >= 15 is 0 Å². The van der Waals surface area contributed by atoms with Crippen LogP contribution in [0.25, 0.3) is 10.9 Å². The van der Waals surface area contributed by atoms with Gasteiger partial charge in [-0.1, -0.05) is 11.6 Å². The summed E-state index contributed by atoms with van der Waals surface area (Å²) in [6, 6.07) is 2.87. The first kappa shape index (κ1) is 16.4. The average molecular weight is 361 g/mol. The van der Waals surface area contributed by atoms with Gasteiger partial charge in [0.1, 0.15) is 16.9 Å². The van der Waals surface area contributed by atoms with Crippen molar-refractivity contribution in [2.75, 3.05) is 13.1 Å². The lowest BCUT2D eigenvalue weighted by molar-refractivity contribution is -0.131. The molecule has 4 rings (SSSR count). The lowest BCUT2D eigenvalue weighted by Crippen LogP contribution is -2.46. The molecule has 2 fully saturated rings. The number of likely N-dealkylation sites (tertiary alicyclic amines) is 1. The summed E-state index contributed by atoms with van der Waals surface area (Å²) in [5.74, 6) is 1.16. The molecule has 3 heterocycles. The third-order valence-electron chi connectivity index (χ3n) is 5.26. The first-order valence-electron chi connectivity index (χ1n) is 8.75. The first-order chi connectivity index (χ1) is 12.0. The van der Waals surface area contributed by atoms with Gasteiger partial charge in [-0.15, -0.1) is 0 Å². The molecule has 2 aliphatic rings. The molecule has 2 amide bonds. The van der Waals surface area contributed by atoms with Crippen LogP contribution < -0.4 is 5.32 Å². The zero-order chi connectivity index (χ0) is 17.6. The van der Waals surface area contributed by atoms with Crippen LogP contribution in [0.2, 0.25) is 5.15 Å². The SMILES string of the molecule is C[C@@H](NC(=O)c1cc2cc(Cl)ncc2[nH]1)C(=O)N1CCC(C2CC2)C1. The van der Waals surface area contributed by atoms with Crippen molar-refractivity contribution >= 4 is 34.3 Å². The van der Waals surface area contributed by atoms with Crippen LogP contribution in [0.15, 0.2) is 18.3 Å². The van der Waals surface area contributed by atoms with E-state index in [1.165, 1.54) is 12.8 Å². The summed E-state index contributed by atoms with van der Waals surface area (Å²) in [6.07, 6.45) is 5.29. The van der Waals surface area contributed by atoms with E-state index in [4.69, 9.17) is 11.6 Å². The van der Waals surface area contributed by atoms with Gasteiger partial charge in [-0.05, 0) is 50.2 Å². The van der Waals surface area contributed by atoms with Crippen LogP contribution in [-0.2, 0) is 4.79 Å². The fourth-order valence-electron chi connectivity index (χ4n) is 3.68. The standard InChI is InChI=1S/C18H21ClN4O2/c1-10(18(25)23-5-4-12(9-23)11-2-3-11)21-17(24)14-6-13-7-16(19)20-8-15(13)22-14/h6-8,10-12,22H,2-5,9H2,1H3,(H,21,24)/t10-,12?/m1/s1. The molecule has 0 radical (unpaired) electrons. The fourth-order valence-corrected chi connectivity index (χ4v) is 3.84. The summed E-state index contributed by atoms with van der Waals surface area (Å²) >= 11 is 5.87. The topological polar surface area (TPSA) is 78.1 Å². The summed E-state index contributed by atoms with van der Waals surface area (Å²) in [5, 5.41) is 3.99. The van der Waals surface area contributed by atoms with E-state index < -0.39 is 6.04 Å². The molecule has 6 nitrogen and oxygen atoms in total. The highest BCUT2D eigenvalue weighted by Crippen LogP contribution is 2.41. The minimum absolute atomic E-state index is 0.00248. The van der Waals surface area contributed by atoms with Crippen molar-refractivity contribution in [2.24, 2.45) is 11.8 Å². The van der Waals surface area contributed by atoms with E-state index in [1.54, 1.807) is 25.3 Å². The smallest absolute Gasteiger partial charge is 0.268 e. The van der Waals surface area contributed by atoms with Crippen molar-refractivity contribution in [1.29, 1.82) is 0 Å². The summed E-state index contributed by atoms with van der Waals surface area (Å²) < 4.78 is 0. The van der Waals surface area contributed by atoms with Crippen LogP contribution in [0.1, 0.15) is 36.7 Å². The zero-order valence-corrected chi connectivity index (χ0v) is 14.8. The molecule has 0 aromatic carbocycles. The van der Waals surface area contributed by atoms with Gasteiger partial charge in [0.25, 0.3) is 5.91 Å². The van der Waals surface area contributed by atoms with Gasteiger partial charge in [0.15, 0.2) is 0 Å². The fraction of sp³-hybridized carbons (Fsp3) is 0.500. The predicted molar refractivity (Wildman–Crippen MR) is 95.4 cm³/mol. The number of hydrogen-bond acceptors (Lipinski definition) is 3. The first-order valence-corrected chi connectivity index (χ1v) is 9.13. The van der Waals surface area contributed by atoms with E-state index in [-0.39, 0.29) is 11.8 Å². The van der Waals surface area contributed by atoms with Crippen LogP contribution in [0.5, 0.6) is 0 Å². The van der Waals surface area contributed by atoms with Crippen molar-refractivity contribution < 1.29 is 9.59 Å². The number of amides is 2. The number of fused-ring (bicyclic) bond motifs is 1. The lowest BCUT2D eigenvalue weighted by atomic mass is 10.0. The maximum Gasteiger partial charge on any atom is 0.268 e. The third-order valence-corrected chi connectivity index (χ3v) is 5.47. The minimum Gasteiger partial charge on any atom is -0.349 e. The number of H-pyrrole nitrogens is 1. The normalized spacial score (nSPS) is 21.5. The molecule has 1 saturated carbocycles. The average Bonchev–Trinajstić information content (AvgIpc) is 3.17. The molecular formula is C18H21ClN4O2. The maximum absolute atomic E-state index is 12.6. The molecule has 1 saturated heterocycles. The van der Waals surface area contributed by atoms with Gasteiger partial charge in [-0.25, -0.2) is 4.98 Å². The Morgan fingerprint density at radius 1 is 1.32 bits per heavy atom. The summed E-state index contributed by atoms with van der Waals surface area (Å²) in [4.78, 5) is 33.9. The highest BCUT2D eigenvalue weighted by atomic mass is 35.5. The van der Waals surface area contributed by atoms with E-state index in [9.17, 15) is 9.59 Å². The maximum atomic E-state index is 12.6. The minimum atomic E-state index is -0.543. The van der Waals surface area contributed by atoms with Crippen LogP contribution >= 0.6 is 11.6 Å². The number of halogens is 1. The Kier molecular flexibility index (Phi) is 4.15. The Labute approximate surface area is 150 Å². The molecule has 2 N–H and O–H groups in total. The van der Waals surface area contributed by atoms with Crippen LogP contribution in [0, 0.1) is 11.8 Å². The second kappa shape index (κ2) is 6.33. The number of nitrogens with one attached hydrogen (secondary N) is 2. The number of aromatic nitrogens is 2. The quantitative estimate of drug-likeness (QED) is 0.822. The van der Waals surface area contributed by atoms with E-state index in [0.29, 0.717) is 16.8 Å². The Balaban J connectivity index is 1.39. The lowest BCUT2D eigenvalue weighted by Gasteiger charge is -2.21. The van der Waals surface area contributed by atoms with Crippen molar-refractivity contribution in [1.82, 2.24) is 20.2 Å². The van der Waals surface area contributed by atoms with Gasteiger partial charge in [-0.2, -0.15) is 0 Å². The second-order valence-corrected chi connectivity index (χ2v) is 7.53. The molecular weight excluding hydrogens is 340 g/mol. The van der Waals surface area contributed by atoms with Crippen molar-refractivity contribution in [2.45, 2.75) is 32.2 Å². The second-order valence-electron chi connectivity index (χ2n) is 7.14. The van der Waals surface area contributed by atoms with Crippen molar-refractivity contribution in [3.8, 4) is 0 Å². The number of hydrogen-bond donors (Lipinski definition) is 2. The van der Waals surface area contributed by atoms with Gasteiger partial charge in [-0.3, -0.25) is 9.59 Å². The zero-order valence-electron chi connectivity index (χ0n) is 14.1. The number of aromatic amines is 1. The molecule has 0 bridgehead atoms. The Morgan fingerprint density at radius 2 is 2.12 bits per heavy atom. The van der Waals surface area contributed by atoms with Gasteiger partial charge in [0.05, 0.1) is 11.7 Å². The molecule has 25 heavy (non-hydrogen) atoms. The van der Waals surface area contributed by atoms with Crippen LogP contribution in [-0.4, -0.2) is 45.8 Å². The number of carbonyl (C=O) groups is 2.